The van der Waals surface area contributed by atoms with E-state index in [9.17, 15) is 8.42 Å². The van der Waals surface area contributed by atoms with E-state index in [1.165, 1.54) is 38.1 Å². The summed E-state index contributed by atoms with van der Waals surface area (Å²) in [6.07, 6.45) is 2.58. The van der Waals surface area contributed by atoms with Gasteiger partial charge in [-0.2, -0.15) is 0 Å². The lowest BCUT2D eigenvalue weighted by molar-refractivity contribution is 0.238. The molecule has 0 aliphatic carbocycles. The van der Waals surface area contributed by atoms with E-state index in [1.807, 2.05) is 24.3 Å². The Morgan fingerprint density at radius 2 is 1.46 bits per heavy atom. The Bertz CT molecular complexity index is 765. The van der Waals surface area contributed by atoms with Gasteiger partial charge >= 0.3 is 0 Å². The van der Waals surface area contributed by atoms with Gasteiger partial charge in [0.25, 0.3) is 0 Å². The summed E-state index contributed by atoms with van der Waals surface area (Å²) < 4.78 is 28.3. The first-order valence-electron chi connectivity index (χ1n) is 8.11. The quantitative estimate of drug-likeness (QED) is 0.872. The molecule has 0 atom stereocenters. The number of hydrogen-bond donors (Lipinski definition) is 1. The van der Waals surface area contributed by atoms with Crippen molar-refractivity contribution < 1.29 is 13.2 Å². The number of primary sulfonamides is 1. The van der Waals surface area contributed by atoms with Crippen LogP contribution >= 0.6 is 0 Å². The Kier molecular flexibility index (Phi) is 5.18. The molecule has 128 valence electrons. The summed E-state index contributed by atoms with van der Waals surface area (Å²) in [5, 5.41) is 5.11. The fraction of sp³-hybridized carbons (Fsp3) is 0.333. The predicted molar refractivity (Wildman–Crippen MR) is 94.4 cm³/mol. The van der Waals surface area contributed by atoms with Crippen molar-refractivity contribution in [1.29, 1.82) is 0 Å². The molecular formula is C18H22N2O3S. The molecular weight excluding hydrogens is 324 g/mol. The molecule has 2 aromatic carbocycles. The van der Waals surface area contributed by atoms with Gasteiger partial charge in [0, 0.05) is 6.54 Å². The number of rotatable bonds is 6. The van der Waals surface area contributed by atoms with Crippen LogP contribution < -0.4 is 9.88 Å². The molecule has 1 fully saturated rings. The highest BCUT2D eigenvalue weighted by atomic mass is 32.2. The number of likely N-dealkylation sites (tertiary alicyclic amines) is 1. The van der Waals surface area contributed by atoms with Crippen LogP contribution in [0.3, 0.4) is 0 Å². The topological polar surface area (TPSA) is 72.6 Å². The monoisotopic (exact) mass is 346 g/mol. The third-order valence-electron chi connectivity index (χ3n) is 4.25. The molecule has 5 nitrogen and oxygen atoms in total. The molecule has 0 radical (unpaired) electrons. The second-order valence-corrected chi connectivity index (χ2v) is 7.55. The minimum Gasteiger partial charge on any atom is -0.492 e. The summed E-state index contributed by atoms with van der Waals surface area (Å²) in [5.41, 5.74) is 1.94. The van der Waals surface area contributed by atoms with E-state index in [1.54, 1.807) is 12.1 Å². The van der Waals surface area contributed by atoms with Crippen LogP contribution in [-0.2, 0) is 10.0 Å². The minimum absolute atomic E-state index is 0.119. The smallest absolute Gasteiger partial charge is 0.238 e. The summed E-state index contributed by atoms with van der Waals surface area (Å²) in [4.78, 5) is 2.54. The van der Waals surface area contributed by atoms with Crippen LogP contribution in [0.2, 0.25) is 0 Å². The molecule has 1 saturated heterocycles. The minimum atomic E-state index is -3.65. The van der Waals surface area contributed by atoms with Crippen LogP contribution in [0.15, 0.2) is 53.4 Å². The van der Waals surface area contributed by atoms with E-state index in [0.717, 1.165) is 23.4 Å². The van der Waals surface area contributed by atoms with Crippen LogP contribution in [0.1, 0.15) is 12.8 Å². The molecule has 0 unspecified atom stereocenters. The van der Waals surface area contributed by atoms with E-state index in [4.69, 9.17) is 9.88 Å². The van der Waals surface area contributed by atoms with Crippen LogP contribution in [0.4, 0.5) is 0 Å². The molecule has 2 N–H and O–H groups in total. The van der Waals surface area contributed by atoms with Crippen molar-refractivity contribution in [2.24, 2.45) is 5.14 Å². The van der Waals surface area contributed by atoms with Gasteiger partial charge in [0.2, 0.25) is 10.0 Å². The molecule has 6 heteroatoms. The molecule has 1 aliphatic heterocycles. The van der Waals surface area contributed by atoms with Gasteiger partial charge in [0.15, 0.2) is 0 Å². The molecule has 0 spiro atoms. The Morgan fingerprint density at radius 1 is 0.917 bits per heavy atom. The van der Waals surface area contributed by atoms with E-state index < -0.39 is 10.0 Å². The largest absolute Gasteiger partial charge is 0.492 e. The molecule has 3 rings (SSSR count). The molecule has 0 bridgehead atoms. The SMILES string of the molecule is NS(=O)(=O)c1ccc(-c2ccc(OCCN3CCCC3)cc2)cc1. The average molecular weight is 346 g/mol. The second kappa shape index (κ2) is 7.34. The summed E-state index contributed by atoms with van der Waals surface area (Å²) in [6, 6.07) is 14.4. The van der Waals surface area contributed by atoms with Gasteiger partial charge in [-0.1, -0.05) is 24.3 Å². The van der Waals surface area contributed by atoms with E-state index in [2.05, 4.69) is 4.90 Å². The van der Waals surface area contributed by atoms with Gasteiger partial charge in [-0.25, -0.2) is 13.6 Å². The number of hydrogen-bond acceptors (Lipinski definition) is 4. The highest BCUT2D eigenvalue weighted by Crippen LogP contribution is 2.23. The van der Waals surface area contributed by atoms with E-state index in [0.29, 0.717) is 6.61 Å². The lowest BCUT2D eigenvalue weighted by atomic mass is 10.1. The lowest BCUT2D eigenvalue weighted by Crippen LogP contribution is -2.25. The van der Waals surface area contributed by atoms with Crippen LogP contribution in [0.5, 0.6) is 5.75 Å². The van der Waals surface area contributed by atoms with Crippen molar-refractivity contribution in [3.63, 3.8) is 0 Å². The number of sulfonamides is 1. The van der Waals surface area contributed by atoms with Gasteiger partial charge in [-0.15, -0.1) is 0 Å². The number of nitrogens with two attached hydrogens (primary N) is 1. The van der Waals surface area contributed by atoms with Gasteiger partial charge in [-0.3, -0.25) is 4.90 Å². The van der Waals surface area contributed by atoms with E-state index in [-0.39, 0.29) is 4.90 Å². The fourth-order valence-corrected chi connectivity index (χ4v) is 3.39. The van der Waals surface area contributed by atoms with Gasteiger partial charge < -0.3 is 4.74 Å². The highest BCUT2D eigenvalue weighted by molar-refractivity contribution is 7.89. The third kappa shape index (κ3) is 4.35. The maximum absolute atomic E-state index is 11.3. The molecule has 0 amide bonds. The van der Waals surface area contributed by atoms with Crippen molar-refractivity contribution in [2.45, 2.75) is 17.7 Å². The number of nitrogens with zero attached hydrogens (tertiary/aromatic N) is 1. The van der Waals surface area contributed by atoms with E-state index >= 15 is 0 Å². The van der Waals surface area contributed by atoms with Crippen molar-refractivity contribution in [3.05, 3.63) is 48.5 Å². The summed E-state index contributed by atoms with van der Waals surface area (Å²) in [7, 11) is -3.65. The number of benzene rings is 2. The normalized spacial score (nSPS) is 15.5. The molecule has 24 heavy (non-hydrogen) atoms. The van der Waals surface area contributed by atoms with Crippen molar-refractivity contribution in [2.75, 3.05) is 26.2 Å². The lowest BCUT2D eigenvalue weighted by Gasteiger charge is -2.15. The maximum atomic E-state index is 11.3. The summed E-state index contributed by atoms with van der Waals surface area (Å²) >= 11 is 0. The van der Waals surface area contributed by atoms with Crippen molar-refractivity contribution >= 4 is 10.0 Å². The van der Waals surface area contributed by atoms with Gasteiger partial charge in [0.1, 0.15) is 12.4 Å². The van der Waals surface area contributed by atoms with Crippen LogP contribution in [-0.4, -0.2) is 39.6 Å². The molecule has 0 saturated carbocycles. The zero-order valence-electron chi connectivity index (χ0n) is 13.5. The first-order chi connectivity index (χ1) is 11.5. The Labute approximate surface area is 143 Å². The summed E-state index contributed by atoms with van der Waals surface area (Å²) in [6.45, 7) is 4.02. The first kappa shape index (κ1) is 17.0. The maximum Gasteiger partial charge on any atom is 0.238 e. The third-order valence-corrected chi connectivity index (χ3v) is 5.17. The zero-order valence-corrected chi connectivity index (χ0v) is 14.3. The van der Waals surface area contributed by atoms with Gasteiger partial charge in [-0.05, 0) is 61.3 Å². The van der Waals surface area contributed by atoms with Crippen molar-refractivity contribution in [1.82, 2.24) is 4.90 Å². The van der Waals surface area contributed by atoms with Crippen LogP contribution in [0, 0.1) is 0 Å². The van der Waals surface area contributed by atoms with Crippen LogP contribution in [0.25, 0.3) is 11.1 Å². The first-order valence-corrected chi connectivity index (χ1v) is 9.65. The molecule has 1 heterocycles. The zero-order chi connectivity index (χ0) is 17.0. The van der Waals surface area contributed by atoms with Crippen molar-refractivity contribution in [3.8, 4) is 16.9 Å². The molecule has 1 aliphatic rings. The Morgan fingerprint density at radius 3 is 2.00 bits per heavy atom. The fourth-order valence-electron chi connectivity index (χ4n) is 2.88. The standard InChI is InChI=1S/C18H22N2O3S/c19-24(21,22)18-9-5-16(6-10-18)15-3-7-17(8-4-15)23-14-13-20-11-1-2-12-20/h3-10H,1-2,11-14H2,(H2,19,21,22). The number of ether oxygens (including phenoxy) is 1. The highest BCUT2D eigenvalue weighted by Gasteiger charge is 2.11. The Balaban J connectivity index is 1.59. The Hall–Kier alpha value is -1.89. The summed E-state index contributed by atoms with van der Waals surface area (Å²) in [5.74, 6) is 0.846. The predicted octanol–water partition coefficient (Wildman–Crippen LogP) is 2.48. The second-order valence-electron chi connectivity index (χ2n) is 5.99. The molecule has 2 aromatic rings. The average Bonchev–Trinajstić information content (AvgIpc) is 3.08. The van der Waals surface area contributed by atoms with Gasteiger partial charge in [0.05, 0.1) is 4.90 Å². The molecule has 0 aromatic heterocycles.